The number of amides is 1. The van der Waals surface area contributed by atoms with Crippen molar-refractivity contribution in [2.45, 2.75) is 31.5 Å². The number of halogens is 1. The van der Waals surface area contributed by atoms with Crippen LogP contribution in [-0.4, -0.2) is 11.9 Å². The van der Waals surface area contributed by atoms with Crippen LogP contribution >= 0.6 is 11.3 Å². The Morgan fingerprint density at radius 1 is 1.38 bits per heavy atom. The molecular formula is C16H17FN2OS. The monoisotopic (exact) mass is 304 g/mol. The normalized spacial score (nSPS) is 22.0. The average Bonchev–Trinajstić information content (AvgIpc) is 2.99. The molecule has 0 aliphatic carbocycles. The number of hydrogen-bond acceptors (Lipinski definition) is 3. The van der Waals surface area contributed by atoms with Gasteiger partial charge in [0, 0.05) is 19.0 Å². The van der Waals surface area contributed by atoms with Gasteiger partial charge in [0.25, 0.3) is 0 Å². The molecule has 0 spiro atoms. The highest BCUT2D eigenvalue weighted by atomic mass is 32.1. The third-order valence-corrected chi connectivity index (χ3v) is 4.49. The molecule has 1 aromatic carbocycles. The van der Waals surface area contributed by atoms with Crippen molar-refractivity contribution in [3.8, 4) is 0 Å². The Morgan fingerprint density at radius 2 is 2.29 bits per heavy atom. The fraction of sp³-hybridized carbons (Fsp3) is 0.312. The Kier molecular flexibility index (Phi) is 4.31. The van der Waals surface area contributed by atoms with Gasteiger partial charge in [-0.2, -0.15) is 11.3 Å². The molecule has 2 heterocycles. The summed E-state index contributed by atoms with van der Waals surface area (Å²) in [4.78, 5) is 11.7. The lowest BCUT2D eigenvalue weighted by molar-refractivity contribution is -0.123. The van der Waals surface area contributed by atoms with Crippen molar-refractivity contribution in [1.29, 1.82) is 0 Å². The van der Waals surface area contributed by atoms with E-state index in [1.165, 1.54) is 17.7 Å². The van der Waals surface area contributed by atoms with E-state index in [2.05, 4.69) is 22.1 Å². The molecule has 1 amide bonds. The molecule has 1 fully saturated rings. The summed E-state index contributed by atoms with van der Waals surface area (Å²) in [6, 6.07) is 8.47. The number of carbonyl (C=O) groups excluding carboxylic acids is 1. The van der Waals surface area contributed by atoms with Gasteiger partial charge in [-0.25, -0.2) is 4.39 Å². The van der Waals surface area contributed by atoms with E-state index >= 15 is 0 Å². The quantitative estimate of drug-likeness (QED) is 0.911. The van der Waals surface area contributed by atoms with Crippen molar-refractivity contribution in [2.75, 3.05) is 0 Å². The third-order valence-electron chi connectivity index (χ3n) is 3.76. The van der Waals surface area contributed by atoms with Crippen molar-refractivity contribution in [3.05, 3.63) is 58.0 Å². The zero-order valence-electron chi connectivity index (χ0n) is 11.5. The first-order valence-corrected chi connectivity index (χ1v) is 7.96. The summed E-state index contributed by atoms with van der Waals surface area (Å²) < 4.78 is 13.4. The Balaban J connectivity index is 1.74. The molecular weight excluding hydrogens is 287 g/mol. The van der Waals surface area contributed by atoms with E-state index in [1.54, 1.807) is 17.4 Å². The average molecular weight is 304 g/mol. The fourth-order valence-corrected chi connectivity index (χ4v) is 3.35. The first-order valence-electron chi connectivity index (χ1n) is 7.01. The van der Waals surface area contributed by atoms with E-state index in [4.69, 9.17) is 0 Å². The van der Waals surface area contributed by atoms with Gasteiger partial charge in [0.2, 0.25) is 5.91 Å². The number of nitrogens with one attached hydrogen (secondary N) is 2. The summed E-state index contributed by atoms with van der Waals surface area (Å²) in [5.74, 6) is -0.248. The summed E-state index contributed by atoms with van der Waals surface area (Å²) in [6.45, 7) is 0.760. The van der Waals surface area contributed by atoms with E-state index in [9.17, 15) is 9.18 Å². The van der Waals surface area contributed by atoms with Crippen LogP contribution in [0, 0.1) is 5.82 Å². The van der Waals surface area contributed by atoms with Crippen molar-refractivity contribution in [1.82, 2.24) is 10.6 Å². The Labute approximate surface area is 127 Å². The van der Waals surface area contributed by atoms with Crippen LogP contribution in [0.1, 0.15) is 30.0 Å². The first kappa shape index (κ1) is 14.2. The van der Waals surface area contributed by atoms with Crippen molar-refractivity contribution < 1.29 is 9.18 Å². The van der Waals surface area contributed by atoms with E-state index in [0.29, 0.717) is 6.42 Å². The molecule has 1 aromatic heterocycles. The smallest absolute Gasteiger partial charge is 0.220 e. The molecule has 2 N–H and O–H groups in total. The van der Waals surface area contributed by atoms with Gasteiger partial charge in [-0.15, -0.1) is 0 Å². The molecule has 1 aliphatic rings. The summed E-state index contributed by atoms with van der Waals surface area (Å²) in [5.41, 5.74) is 2.04. The lowest BCUT2D eigenvalue weighted by atomic mass is 9.91. The lowest BCUT2D eigenvalue weighted by Gasteiger charge is -2.33. The minimum absolute atomic E-state index is 0.0258. The zero-order valence-corrected chi connectivity index (χ0v) is 12.3. The van der Waals surface area contributed by atoms with Crippen LogP contribution in [0.3, 0.4) is 0 Å². The maximum absolute atomic E-state index is 13.4. The van der Waals surface area contributed by atoms with Crippen molar-refractivity contribution in [3.63, 3.8) is 0 Å². The highest BCUT2D eigenvalue weighted by Gasteiger charge is 2.29. The van der Waals surface area contributed by atoms with Gasteiger partial charge in [-0.3, -0.25) is 4.79 Å². The van der Waals surface area contributed by atoms with Crippen molar-refractivity contribution >= 4 is 17.2 Å². The molecule has 1 aliphatic heterocycles. The molecule has 3 rings (SSSR count). The largest absolute Gasteiger partial charge is 0.348 e. The molecule has 5 heteroatoms. The highest BCUT2D eigenvalue weighted by molar-refractivity contribution is 7.07. The molecule has 21 heavy (non-hydrogen) atoms. The number of carbonyl (C=O) groups is 1. The molecule has 0 saturated carbocycles. The topological polar surface area (TPSA) is 41.1 Å². The minimum atomic E-state index is -0.274. The second-order valence-electron chi connectivity index (χ2n) is 5.26. The molecule has 2 aromatic rings. The Hall–Kier alpha value is -1.72. The number of thiophene rings is 1. The first-order chi connectivity index (χ1) is 10.2. The maximum Gasteiger partial charge on any atom is 0.220 e. The Bertz CT molecular complexity index is 614. The fourth-order valence-electron chi connectivity index (χ4n) is 2.68. The van der Waals surface area contributed by atoms with Gasteiger partial charge in [0.1, 0.15) is 5.82 Å². The third kappa shape index (κ3) is 3.49. The molecule has 1 saturated heterocycles. The SMILES string of the molecule is O=C1CC[C@@H](NCc2ccsc2)[C@H](c2cccc(F)c2)N1. The summed E-state index contributed by atoms with van der Waals surface area (Å²) in [5, 5.41) is 10.6. The molecule has 2 atom stereocenters. The standard InChI is InChI=1S/C16H17FN2OS/c17-13-3-1-2-12(8-13)16-14(4-5-15(20)19-16)18-9-11-6-7-21-10-11/h1-3,6-8,10,14,16,18H,4-5,9H2,(H,19,20)/t14-,16+/m1/s1. The van der Waals surface area contributed by atoms with E-state index in [1.807, 2.05) is 11.4 Å². The Morgan fingerprint density at radius 3 is 3.05 bits per heavy atom. The van der Waals surface area contributed by atoms with E-state index in [-0.39, 0.29) is 23.8 Å². The van der Waals surface area contributed by atoms with Crippen molar-refractivity contribution in [2.24, 2.45) is 0 Å². The second-order valence-corrected chi connectivity index (χ2v) is 6.04. The van der Waals surface area contributed by atoms with Crippen LogP contribution in [0.5, 0.6) is 0 Å². The van der Waals surface area contributed by atoms with Gasteiger partial charge < -0.3 is 10.6 Å². The molecule has 0 bridgehead atoms. The predicted octanol–water partition coefficient (Wildman–Crippen LogP) is 3.00. The van der Waals surface area contributed by atoms with Gasteiger partial charge >= 0.3 is 0 Å². The van der Waals surface area contributed by atoms with Crippen LogP contribution < -0.4 is 10.6 Å². The number of rotatable bonds is 4. The van der Waals surface area contributed by atoms with Crippen LogP contribution in [0.15, 0.2) is 41.1 Å². The van der Waals surface area contributed by atoms with E-state index < -0.39 is 0 Å². The van der Waals surface area contributed by atoms with Gasteiger partial charge in [0.05, 0.1) is 6.04 Å². The predicted molar refractivity (Wildman–Crippen MR) is 81.5 cm³/mol. The number of benzene rings is 1. The number of piperidine rings is 1. The molecule has 0 radical (unpaired) electrons. The summed E-state index contributed by atoms with van der Waals surface area (Å²) >= 11 is 1.67. The molecule has 110 valence electrons. The minimum Gasteiger partial charge on any atom is -0.348 e. The molecule has 3 nitrogen and oxygen atoms in total. The summed E-state index contributed by atoms with van der Waals surface area (Å²) in [6.07, 6.45) is 1.27. The zero-order chi connectivity index (χ0) is 14.7. The second kappa shape index (κ2) is 6.37. The van der Waals surface area contributed by atoms with Crippen LogP contribution in [0.4, 0.5) is 4.39 Å². The van der Waals surface area contributed by atoms with E-state index in [0.717, 1.165) is 18.5 Å². The maximum atomic E-state index is 13.4. The van der Waals surface area contributed by atoms with Gasteiger partial charge in [-0.05, 0) is 46.5 Å². The van der Waals surface area contributed by atoms with Crippen LogP contribution in [-0.2, 0) is 11.3 Å². The highest BCUT2D eigenvalue weighted by Crippen LogP contribution is 2.25. The van der Waals surface area contributed by atoms with Crippen LogP contribution in [0.25, 0.3) is 0 Å². The molecule has 0 unspecified atom stereocenters. The van der Waals surface area contributed by atoms with Gasteiger partial charge in [-0.1, -0.05) is 12.1 Å². The lowest BCUT2D eigenvalue weighted by Crippen LogP contribution is -2.48. The number of hydrogen-bond donors (Lipinski definition) is 2. The van der Waals surface area contributed by atoms with Gasteiger partial charge in [0.15, 0.2) is 0 Å². The van der Waals surface area contributed by atoms with Crippen LogP contribution in [0.2, 0.25) is 0 Å². The summed E-state index contributed by atoms with van der Waals surface area (Å²) in [7, 11) is 0.